The molecule has 2 nitrogen and oxygen atoms in total. The van der Waals surface area contributed by atoms with Crippen LogP contribution in [-0.2, 0) is 0 Å². The summed E-state index contributed by atoms with van der Waals surface area (Å²) >= 11 is 1.82. The molecule has 0 aliphatic rings. The second-order valence-corrected chi connectivity index (χ2v) is 8.17. The molecular formula is C27H21NOS. The van der Waals surface area contributed by atoms with Crippen molar-refractivity contribution in [2.75, 3.05) is 6.26 Å². The van der Waals surface area contributed by atoms with Gasteiger partial charge in [-0.25, -0.2) is 4.98 Å². The van der Waals surface area contributed by atoms with Gasteiger partial charge in [-0.05, 0) is 45.9 Å². The van der Waals surface area contributed by atoms with Crippen LogP contribution < -0.4 is 0 Å². The van der Waals surface area contributed by atoms with Gasteiger partial charge < -0.3 is 4.42 Å². The maximum atomic E-state index is 6.24. The van der Waals surface area contributed by atoms with Gasteiger partial charge >= 0.3 is 0 Å². The number of thioether (sulfide) groups is 1. The summed E-state index contributed by atoms with van der Waals surface area (Å²) in [5.74, 6) is 0.671. The van der Waals surface area contributed by atoms with Crippen molar-refractivity contribution in [3.05, 3.63) is 108 Å². The molecule has 0 radical (unpaired) electrons. The summed E-state index contributed by atoms with van der Waals surface area (Å²) in [5, 5.41) is 2.50. The predicted molar refractivity (Wildman–Crippen MR) is 129 cm³/mol. The number of para-hydroxylation sites is 2. The second kappa shape index (κ2) is 7.85. The van der Waals surface area contributed by atoms with Gasteiger partial charge in [-0.2, -0.15) is 11.8 Å². The van der Waals surface area contributed by atoms with E-state index in [1.807, 2.05) is 42.1 Å². The van der Waals surface area contributed by atoms with E-state index in [1.165, 1.54) is 16.5 Å². The molecule has 1 heterocycles. The van der Waals surface area contributed by atoms with E-state index in [1.54, 1.807) is 0 Å². The maximum absolute atomic E-state index is 6.24. The fraction of sp³-hybridized carbons (Fsp3) is 0.0741. The Balaban J connectivity index is 1.76. The number of benzene rings is 4. The topological polar surface area (TPSA) is 26.0 Å². The normalized spacial score (nSPS) is 12.3. The molecule has 1 unspecified atom stereocenters. The van der Waals surface area contributed by atoms with Gasteiger partial charge in [0.15, 0.2) is 5.58 Å². The summed E-state index contributed by atoms with van der Waals surface area (Å²) in [6.45, 7) is 3.87. The molecule has 5 rings (SSSR count). The number of hydrogen-bond donors (Lipinski definition) is 0. The summed E-state index contributed by atoms with van der Waals surface area (Å²) in [5.41, 5.74) is 6.33. The zero-order valence-corrected chi connectivity index (χ0v) is 17.5. The highest BCUT2D eigenvalue weighted by Gasteiger charge is 2.22. The summed E-state index contributed by atoms with van der Waals surface area (Å²) < 4.78 is 6.24. The largest absolute Gasteiger partial charge is 0.436 e. The number of rotatable bonds is 5. The molecule has 0 amide bonds. The molecule has 4 aromatic carbocycles. The predicted octanol–water partition coefficient (Wildman–Crippen LogP) is 7.74. The third-order valence-corrected chi connectivity index (χ3v) is 6.46. The highest BCUT2D eigenvalue weighted by atomic mass is 32.2. The third kappa shape index (κ3) is 3.21. The van der Waals surface area contributed by atoms with Crippen LogP contribution in [0.1, 0.15) is 21.9 Å². The van der Waals surface area contributed by atoms with Crippen LogP contribution in [0.3, 0.4) is 0 Å². The fourth-order valence-corrected chi connectivity index (χ4v) is 4.85. The highest BCUT2D eigenvalue weighted by Crippen LogP contribution is 2.43. The molecule has 0 aliphatic heterocycles. The lowest BCUT2D eigenvalue weighted by Gasteiger charge is -2.20. The number of hydrogen-bond acceptors (Lipinski definition) is 3. The van der Waals surface area contributed by atoms with E-state index in [0.717, 1.165) is 27.6 Å². The van der Waals surface area contributed by atoms with Crippen LogP contribution in [0.5, 0.6) is 0 Å². The van der Waals surface area contributed by atoms with Crippen molar-refractivity contribution in [2.24, 2.45) is 0 Å². The maximum Gasteiger partial charge on any atom is 0.228 e. The first-order chi connectivity index (χ1) is 14.8. The molecule has 0 aliphatic carbocycles. The zero-order chi connectivity index (χ0) is 20.5. The van der Waals surface area contributed by atoms with Crippen LogP contribution in [0.2, 0.25) is 0 Å². The smallest absolute Gasteiger partial charge is 0.228 e. The van der Waals surface area contributed by atoms with Gasteiger partial charge in [-0.1, -0.05) is 85.5 Å². The van der Waals surface area contributed by atoms with E-state index in [-0.39, 0.29) is 5.25 Å². The summed E-state index contributed by atoms with van der Waals surface area (Å²) in [6, 6.07) is 29.4. The van der Waals surface area contributed by atoms with E-state index in [9.17, 15) is 0 Å². The number of fused-ring (bicyclic) bond motifs is 2. The molecule has 1 atom stereocenters. The highest BCUT2D eigenvalue weighted by molar-refractivity contribution is 7.99. The lowest BCUT2D eigenvalue weighted by Crippen LogP contribution is -2.00. The van der Waals surface area contributed by atoms with Gasteiger partial charge in [-0.3, -0.25) is 0 Å². The number of aromatic nitrogens is 1. The van der Waals surface area contributed by atoms with Crippen LogP contribution in [0.25, 0.3) is 39.4 Å². The standard InChI is InChI=1S/C27H21NOS/c1-3-18-12-14-20(15-13-18)26(30-2)22-17-16-19-8-4-5-9-21(19)25(22)27-28-23-10-6-7-11-24(23)29-27/h3-17,26H,1H2,2H3. The van der Waals surface area contributed by atoms with Gasteiger partial charge in [0.05, 0.1) is 5.25 Å². The lowest BCUT2D eigenvalue weighted by molar-refractivity contribution is 0.620. The van der Waals surface area contributed by atoms with Crippen molar-refractivity contribution in [2.45, 2.75) is 5.25 Å². The average molecular weight is 408 g/mol. The first-order valence-electron chi connectivity index (χ1n) is 9.91. The van der Waals surface area contributed by atoms with Gasteiger partial charge in [0.1, 0.15) is 5.52 Å². The van der Waals surface area contributed by atoms with E-state index < -0.39 is 0 Å². The van der Waals surface area contributed by atoms with Gasteiger partial charge in [0.2, 0.25) is 5.89 Å². The van der Waals surface area contributed by atoms with Gasteiger partial charge in [0.25, 0.3) is 0 Å². The first-order valence-corrected chi connectivity index (χ1v) is 11.2. The molecule has 0 bridgehead atoms. The van der Waals surface area contributed by atoms with Gasteiger partial charge in [0, 0.05) is 5.56 Å². The van der Waals surface area contributed by atoms with Crippen LogP contribution in [0.4, 0.5) is 0 Å². The van der Waals surface area contributed by atoms with Crippen molar-refractivity contribution >= 4 is 39.7 Å². The van der Waals surface area contributed by atoms with Crippen LogP contribution >= 0.6 is 11.8 Å². The van der Waals surface area contributed by atoms with E-state index in [2.05, 4.69) is 73.5 Å². The summed E-state index contributed by atoms with van der Waals surface area (Å²) in [7, 11) is 0. The Hall–Kier alpha value is -3.30. The molecule has 0 saturated heterocycles. The molecular weight excluding hydrogens is 386 g/mol. The second-order valence-electron chi connectivity index (χ2n) is 7.22. The van der Waals surface area contributed by atoms with Crippen molar-refractivity contribution in [3.63, 3.8) is 0 Å². The lowest BCUT2D eigenvalue weighted by atomic mass is 9.93. The van der Waals surface area contributed by atoms with Crippen molar-refractivity contribution in [1.82, 2.24) is 4.98 Å². The minimum Gasteiger partial charge on any atom is -0.436 e. The Morgan fingerprint density at radius 3 is 2.43 bits per heavy atom. The SMILES string of the molecule is C=Cc1ccc(C(SC)c2ccc3ccccc3c2-c2nc3ccccc3o2)cc1. The molecule has 0 saturated carbocycles. The molecule has 146 valence electrons. The molecule has 3 heteroatoms. The van der Waals surface area contributed by atoms with Crippen LogP contribution in [0, 0.1) is 0 Å². The Bertz CT molecular complexity index is 1320. The quantitative estimate of drug-likeness (QED) is 0.298. The van der Waals surface area contributed by atoms with E-state index >= 15 is 0 Å². The van der Waals surface area contributed by atoms with E-state index in [0.29, 0.717) is 5.89 Å². The average Bonchev–Trinajstić information content (AvgIpc) is 3.23. The van der Waals surface area contributed by atoms with Crippen molar-refractivity contribution in [3.8, 4) is 11.5 Å². The van der Waals surface area contributed by atoms with Crippen LogP contribution in [-0.4, -0.2) is 11.2 Å². The molecule has 1 aromatic heterocycles. The van der Waals surface area contributed by atoms with Gasteiger partial charge in [-0.15, -0.1) is 0 Å². The minimum atomic E-state index is 0.165. The molecule has 0 spiro atoms. The molecule has 30 heavy (non-hydrogen) atoms. The zero-order valence-electron chi connectivity index (χ0n) is 16.7. The van der Waals surface area contributed by atoms with Crippen molar-refractivity contribution < 1.29 is 4.42 Å². The third-order valence-electron chi connectivity index (χ3n) is 5.46. The molecule has 0 N–H and O–H groups in total. The molecule has 0 fully saturated rings. The Morgan fingerprint density at radius 1 is 0.900 bits per heavy atom. The Morgan fingerprint density at radius 2 is 1.67 bits per heavy atom. The van der Waals surface area contributed by atoms with Crippen LogP contribution in [0.15, 0.2) is 95.9 Å². The Labute approximate surface area is 180 Å². The summed E-state index contributed by atoms with van der Waals surface area (Å²) in [6.07, 6.45) is 4.02. The fourth-order valence-electron chi connectivity index (χ4n) is 3.97. The monoisotopic (exact) mass is 407 g/mol. The summed E-state index contributed by atoms with van der Waals surface area (Å²) in [4.78, 5) is 4.84. The Kier molecular flexibility index (Phi) is 4.89. The number of oxazole rings is 1. The first kappa shape index (κ1) is 18.7. The molecule has 5 aromatic rings. The van der Waals surface area contributed by atoms with Crippen molar-refractivity contribution in [1.29, 1.82) is 0 Å². The minimum absolute atomic E-state index is 0.165. The number of nitrogens with zero attached hydrogens (tertiary/aromatic N) is 1. The van der Waals surface area contributed by atoms with E-state index in [4.69, 9.17) is 9.40 Å².